The summed E-state index contributed by atoms with van der Waals surface area (Å²) in [6, 6.07) is 16.0. The van der Waals surface area contributed by atoms with Crippen molar-refractivity contribution < 1.29 is 14.7 Å². The highest BCUT2D eigenvalue weighted by Crippen LogP contribution is 2.28. The number of nitrogen functional groups attached to an aromatic ring is 1. The van der Waals surface area contributed by atoms with E-state index in [1.807, 2.05) is 37.3 Å². The molecule has 0 unspecified atom stereocenters. The summed E-state index contributed by atoms with van der Waals surface area (Å²) >= 11 is 0. The molecule has 0 fully saturated rings. The van der Waals surface area contributed by atoms with Crippen molar-refractivity contribution in [2.24, 2.45) is 5.73 Å². The van der Waals surface area contributed by atoms with Gasteiger partial charge in [-0.05, 0) is 54.4 Å². The molecular weight excluding hydrogens is 394 g/mol. The molecule has 0 saturated heterocycles. The normalized spacial score (nSPS) is 10.4. The van der Waals surface area contributed by atoms with E-state index in [0.717, 1.165) is 16.8 Å². The van der Waals surface area contributed by atoms with Crippen LogP contribution < -0.4 is 16.4 Å². The first kappa shape index (κ1) is 21.5. The van der Waals surface area contributed by atoms with Crippen molar-refractivity contribution in [2.75, 3.05) is 12.4 Å². The number of nitrogens with zero attached hydrogens (tertiary/aromatic N) is 1. The molecule has 8 heteroatoms. The van der Waals surface area contributed by atoms with Crippen LogP contribution in [0.15, 0.2) is 54.6 Å². The summed E-state index contributed by atoms with van der Waals surface area (Å²) in [5, 5.41) is 22.9. The van der Waals surface area contributed by atoms with Crippen LogP contribution in [0.1, 0.15) is 37.7 Å². The smallest absolute Gasteiger partial charge is 0.355 e. The molecule has 1 aromatic heterocycles. The van der Waals surface area contributed by atoms with Crippen LogP contribution in [0.25, 0.3) is 11.1 Å². The summed E-state index contributed by atoms with van der Waals surface area (Å²) in [6.45, 7) is 2.40. The molecule has 1 heterocycles. The van der Waals surface area contributed by atoms with Crippen molar-refractivity contribution in [3.63, 3.8) is 0 Å². The standard InChI is InChI=1S/C23H23N5O3/c1-13-3-8-17(18-9-10-19(22(29)26-2)28-20(18)23(30)31)15(11-13)12-27-16-6-4-14(5-7-16)21(24)25/h3-11,27H,12H2,1-2H3,(H3,24,25)(H,26,29)(H,30,31). The maximum absolute atomic E-state index is 11.9. The van der Waals surface area contributed by atoms with Crippen molar-refractivity contribution in [3.05, 3.63) is 82.7 Å². The molecule has 0 bridgehead atoms. The van der Waals surface area contributed by atoms with E-state index in [2.05, 4.69) is 15.6 Å². The lowest BCUT2D eigenvalue weighted by atomic mass is 9.96. The van der Waals surface area contributed by atoms with E-state index >= 15 is 0 Å². The number of carboxylic acid groups (broad SMARTS) is 1. The molecule has 2 aromatic carbocycles. The number of benzene rings is 2. The Morgan fingerprint density at radius 1 is 1.06 bits per heavy atom. The van der Waals surface area contributed by atoms with Gasteiger partial charge in [-0.3, -0.25) is 10.2 Å². The minimum atomic E-state index is -1.21. The molecule has 3 aromatic rings. The molecular formula is C23H23N5O3. The van der Waals surface area contributed by atoms with E-state index in [-0.39, 0.29) is 17.2 Å². The van der Waals surface area contributed by atoms with Gasteiger partial charge in [0.2, 0.25) is 0 Å². The number of amidine groups is 1. The Kier molecular flexibility index (Phi) is 6.30. The first-order chi connectivity index (χ1) is 14.8. The third-order valence-corrected chi connectivity index (χ3v) is 4.79. The average molecular weight is 417 g/mol. The molecule has 6 N–H and O–H groups in total. The molecule has 0 saturated carbocycles. The zero-order valence-corrected chi connectivity index (χ0v) is 17.2. The number of hydrogen-bond donors (Lipinski definition) is 5. The number of rotatable bonds is 7. The van der Waals surface area contributed by atoms with Crippen LogP contribution in [0, 0.1) is 12.3 Å². The van der Waals surface area contributed by atoms with Crippen molar-refractivity contribution in [1.29, 1.82) is 5.41 Å². The molecule has 0 aliphatic heterocycles. The van der Waals surface area contributed by atoms with E-state index in [1.54, 1.807) is 18.2 Å². The fourth-order valence-corrected chi connectivity index (χ4v) is 3.19. The number of carbonyl (C=O) groups excluding carboxylic acids is 1. The minimum absolute atomic E-state index is 0.00132. The number of aromatic nitrogens is 1. The number of anilines is 1. The van der Waals surface area contributed by atoms with Gasteiger partial charge in [0.15, 0.2) is 5.69 Å². The molecule has 31 heavy (non-hydrogen) atoms. The minimum Gasteiger partial charge on any atom is -0.476 e. The van der Waals surface area contributed by atoms with Crippen LogP contribution >= 0.6 is 0 Å². The Bertz CT molecular complexity index is 1160. The summed E-state index contributed by atoms with van der Waals surface area (Å²) in [4.78, 5) is 27.8. The van der Waals surface area contributed by atoms with Gasteiger partial charge >= 0.3 is 5.97 Å². The summed E-state index contributed by atoms with van der Waals surface area (Å²) < 4.78 is 0. The van der Waals surface area contributed by atoms with E-state index in [1.165, 1.54) is 13.1 Å². The van der Waals surface area contributed by atoms with Gasteiger partial charge in [0.05, 0.1) is 0 Å². The fourth-order valence-electron chi connectivity index (χ4n) is 3.19. The second kappa shape index (κ2) is 9.08. The predicted octanol–water partition coefficient (Wildman–Crippen LogP) is 3.01. The summed E-state index contributed by atoms with van der Waals surface area (Å²) in [6.07, 6.45) is 0. The van der Waals surface area contributed by atoms with Crippen LogP contribution in [0.5, 0.6) is 0 Å². The van der Waals surface area contributed by atoms with Crippen molar-refractivity contribution in [1.82, 2.24) is 10.3 Å². The molecule has 0 radical (unpaired) electrons. The van der Waals surface area contributed by atoms with Crippen LogP contribution in [-0.2, 0) is 6.54 Å². The van der Waals surface area contributed by atoms with Crippen LogP contribution in [0.3, 0.4) is 0 Å². The zero-order chi connectivity index (χ0) is 22.5. The predicted molar refractivity (Wildman–Crippen MR) is 120 cm³/mol. The maximum atomic E-state index is 11.9. The molecule has 158 valence electrons. The number of carboxylic acids is 1. The van der Waals surface area contributed by atoms with Gasteiger partial charge in [0, 0.05) is 30.4 Å². The molecule has 0 atom stereocenters. The number of pyridine rings is 1. The van der Waals surface area contributed by atoms with Crippen molar-refractivity contribution in [2.45, 2.75) is 13.5 Å². The van der Waals surface area contributed by atoms with E-state index in [4.69, 9.17) is 11.1 Å². The second-order valence-corrected chi connectivity index (χ2v) is 6.98. The van der Waals surface area contributed by atoms with Crippen molar-refractivity contribution >= 4 is 23.4 Å². The van der Waals surface area contributed by atoms with Crippen LogP contribution in [0.2, 0.25) is 0 Å². The molecule has 8 nitrogen and oxygen atoms in total. The SMILES string of the molecule is CNC(=O)c1ccc(-c2ccc(C)cc2CNc2ccc(C(=N)N)cc2)c(C(=O)O)n1. The lowest BCUT2D eigenvalue weighted by Gasteiger charge is -2.15. The Hall–Kier alpha value is -4.20. The van der Waals surface area contributed by atoms with Crippen LogP contribution in [-0.4, -0.2) is 34.9 Å². The Balaban J connectivity index is 1.97. The first-order valence-electron chi connectivity index (χ1n) is 9.54. The van der Waals surface area contributed by atoms with Gasteiger partial charge in [0.1, 0.15) is 11.5 Å². The monoisotopic (exact) mass is 417 g/mol. The summed E-state index contributed by atoms with van der Waals surface area (Å²) in [5.41, 5.74) is 9.88. The maximum Gasteiger partial charge on any atom is 0.355 e. The number of aromatic carboxylic acids is 1. The fraction of sp³-hybridized carbons (Fsp3) is 0.130. The van der Waals surface area contributed by atoms with Gasteiger partial charge in [0.25, 0.3) is 5.91 Å². The number of amides is 1. The average Bonchev–Trinajstić information content (AvgIpc) is 2.77. The number of hydrogen-bond acceptors (Lipinski definition) is 5. The Labute approximate surface area is 179 Å². The highest BCUT2D eigenvalue weighted by molar-refractivity contribution is 5.98. The third kappa shape index (κ3) is 4.87. The van der Waals surface area contributed by atoms with E-state index in [0.29, 0.717) is 23.2 Å². The Morgan fingerprint density at radius 3 is 2.35 bits per heavy atom. The zero-order valence-electron chi connectivity index (χ0n) is 17.2. The van der Waals surface area contributed by atoms with Gasteiger partial charge in [-0.2, -0.15) is 0 Å². The first-order valence-corrected chi connectivity index (χ1v) is 9.54. The van der Waals surface area contributed by atoms with Crippen molar-refractivity contribution in [3.8, 4) is 11.1 Å². The quantitative estimate of drug-likeness (QED) is 0.296. The van der Waals surface area contributed by atoms with Crippen LogP contribution in [0.4, 0.5) is 5.69 Å². The molecule has 1 amide bonds. The molecule has 0 spiro atoms. The molecule has 0 aliphatic rings. The summed E-state index contributed by atoms with van der Waals surface area (Å²) in [5.74, 6) is -1.66. The van der Waals surface area contributed by atoms with E-state index in [9.17, 15) is 14.7 Å². The summed E-state index contributed by atoms with van der Waals surface area (Å²) in [7, 11) is 1.46. The molecule has 3 rings (SSSR count). The number of carbonyl (C=O) groups is 2. The highest BCUT2D eigenvalue weighted by atomic mass is 16.4. The largest absolute Gasteiger partial charge is 0.476 e. The number of aryl methyl sites for hydroxylation is 1. The third-order valence-electron chi connectivity index (χ3n) is 4.79. The lowest BCUT2D eigenvalue weighted by molar-refractivity contribution is 0.0691. The Morgan fingerprint density at radius 2 is 1.74 bits per heavy atom. The number of nitrogens with one attached hydrogen (secondary N) is 3. The topological polar surface area (TPSA) is 141 Å². The highest BCUT2D eigenvalue weighted by Gasteiger charge is 2.19. The van der Waals surface area contributed by atoms with Gasteiger partial charge < -0.3 is 21.5 Å². The second-order valence-electron chi connectivity index (χ2n) is 6.98. The van der Waals surface area contributed by atoms with Gasteiger partial charge in [-0.25, -0.2) is 9.78 Å². The number of nitrogens with two attached hydrogens (primary N) is 1. The van der Waals surface area contributed by atoms with E-state index < -0.39 is 11.9 Å². The van der Waals surface area contributed by atoms with Gasteiger partial charge in [-0.15, -0.1) is 0 Å². The lowest BCUT2D eigenvalue weighted by Crippen LogP contribution is -2.20. The van der Waals surface area contributed by atoms with Gasteiger partial charge in [-0.1, -0.05) is 23.8 Å². The molecule has 0 aliphatic carbocycles.